The minimum atomic E-state index is 0.142. The fourth-order valence-corrected chi connectivity index (χ4v) is 4.79. The first-order valence-corrected chi connectivity index (χ1v) is 9.86. The van der Waals surface area contributed by atoms with Crippen molar-refractivity contribution in [3.05, 3.63) is 36.2 Å². The van der Waals surface area contributed by atoms with Gasteiger partial charge < -0.3 is 9.73 Å². The number of fused-ring (bicyclic) bond motifs is 2. The van der Waals surface area contributed by atoms with Crippen LogP contribution in [0.4, 0.5) is 0 Å². The van der Waals surface area contributed by atoms with Crippen molar-refractivity contribution in [1.29, 1.82) is 0 Å². The van der Waals surface area contributed by atoms with Crippen molar-refractivity contribution < 1.29 is 9.21 Å². The topological polar surface area (TPSA) is 68.0 Å². The van der Waals surface area contributed by atoms with E-state index in [9.17, 15) is 4.79 Å². The summed E-state index contributed by atoms with van der Waals surface area (Å²) >= 11 is 0. The van der Waals surface area contributed by atoms with E-state index < -0.39 is 0 Å². The zero-order valence-electron chi connectivity index (χ0n) is 15.4. The molecule has 138 valence electrons. The first-order valence-electron chi connectivity index (χ1n) is 9.86. The quantitative estimate of drug-likeness (QED) is 0.817. The molecule has 4 rings (SSSR count). The molecule has 0 saturated heterocycles. The van der Waals surface area contributed by atoms with Gasteiger partial charge in [0, 0.05) is 24.4 Å². The number of amides is 1. The summed E-state index contributed by atoms with van der Waals surface area (Å²) in [5, 5.41) is 11.4. The van der Waals surface area contributed by atoms with E-state index in [1.807, 2.05) is 30.3 Å². The second-order valence-electron chi connectivity index (χ2n) is 7.92. The molecule has 2 bridgehead atoms. The Kier molecular flexibility index (Phi) is 5.05. The largest absolute Gasteiger partial charge is 0.421 e. The summed E-state index contributed by atoms with van der Waals surface area (Å²) in [4.78, 5) is 12.3. The highest BCUT2D eigenvalue weighted by atomic mass is 16.4. The van der Waals surface area contributed by atoms with Crippen molar-refractivity contribution in [3.8, 4) is 11.5 Å². The molecule has 5 heteroatoms. The van der Waals surface area contributed by atoms with Gasteiger partial charge in [0.05, 0.1) is 0 Å². The van der Waals surface area contributed by atoms with Crippen LogP contribution < -0.4 is 5.32 Å². The number of rotatable bonds is 7. The van der Waals surface area contributed by atoms with Gasteiger partial charge >= 0.3 is 0 Å². The summed E-state index contributed by atoms with van der Waals surface area (Å²) in [6.45, 7) is 2.17. The van der Waals surface area contributed by atoms with Crippen LogP contribution in [0.1, 0.15) is 51.3 Å². The van der Waals surface area contributed by atoms with Gasteiger partial charge in [0.15, 0.2) is 0 Å². The summed E-state index contributed by atoms with van der Waals surface area (Å²) in [7, 11) is 0. The van der Waals surface area contributed by atoms with E-state index in [2.05, 4.69) is 22.4 Å². The Hall–Kier alpha value is -2.17. The molecule has 0 radical (unpaired) electrons. The highest BCUT2D eigenvalue weighted by molar-refractivity contribution is 5.76. The van der Waals surface area contributed by atoms with E-state index in [1.54, 1.807) is 0 Å². The van der Waals surface area contributed by atoms with Crippen LogP contribution in [-0.2, 0) is 11.2 Å². The first-order chi connectivity index (χ1) is 12.7. The summed E-state index contributed by atoms with van der Waals surface area (Å²) in [5.74, 6) is 3.71. The average molecular weight is 353 g/mol. The molecule has 2 aromatic rings. The zero-order chi connectivity index (χ0) is 17.9. The summed E-state index contributed by atoms with van der Waals surface area (Å²) in [6.07, 6.45) is 7.31. The van der Waals surface area contributed by atoms with Crippen LogP contribution in [0.25, 0.3) is 11.5 Å². The molecule has 0 unspecified atom stereocenters. The Bertz CT molecular complexity index is 743. The van der Waals surface area contributed by atoms with E-state index in [-0.39, 0.29) is 5.91 Å². The molecule has 1 amide bonds. The lowest BCUT2D eigenvalue weighted by molar-refractivity contribution is -0.122. The third kappa shape index (κ3) is 3.81. The molecular weight excluding hydrogens is 326 g/mol. The van der Waals surface area contributed by atoms with Gasteiger partial charge in [-0.05, 0) is 62.5 Å². The Balaban J connectivity index is 1.21. The standard InChI is InChI=1S/C21H27N3O2/c1-14(18-13-15-10-11-17(18)12-15)22-19(25)8-5-9-20-23-24-21(26-20)16-6-3-2-4-7-16/h2-4,6-7,14-15,17-18H,5,8-13H2,1H3,(H,22,25)/t14-,15-,17-,18-/m0/s1. The van der Waals surface area contributed by atoms with Gasteiger partial charge in [0.1, 0.15) is 0 Å². The number of nitrogens with one attached hydrogen (secondary N) is 1. The molecule has 0 aliphatic heterocycles. The van der Waals surface area contributed by atoms with Crippen LogP contribution in [0.2, 0.25) is 0 Å². The van der Waals surface area contributed by atoms with Gasteiger partial charge in [-0.1, -0.05) is 24.6 Å². The molecule has 5 nitrogen and oxygen atoms in total. The maximum atomic E-state index is 12.3. The van der Waals surface area contributed by atoms with Crippen LogP contribution in [0.3, 0.4) is 0 Å². The summed E-state index contributed by atoms with van der Waals surface area (Å²) in [6, 6.07) is 10.0. The molecule has 1 heterocycles. The minimum Gasteiger partial charge on any atom is -0.421 e. The van der Waals surface area contributed by atoms with Crippen molar-refractivity contribution in [3.63, 3.8) is 0 Å². The highest BCUT2D eigenvalue weighted by Gasteiger charge is 2.42. The van der Waals surface area contributed by atoms with E-state index in [1.165, 1.54) is 25.7 Å². The van der Waals surface area contributed by atoms with Gasteiger partial charge in [-0.25, -0.2) is 0 Å². The average Bonchev–Trinajstić information content (AvgIpc) is 3.39. The first kappa shape index (κ1) is 17.3. The summed E-state index contributed by atoms with van der Waals surface area (Å²) < 4.78 is 5.69. The molecule has 2 fully saturated rings. The number of aromatic nitrogens is 2. The van der Waals surface area contributed by atoms with Gasteiger partial charge in [0.25, 0.3) is 0 Å². The number of nitrogens with zero attached hydrogens (tertiary/aromatic N) is 2. The Labute approximate surface area is 154 Å². The normalized spacial score (nSPS) is 25.3. The second-order valence-corrected chi connectivity index (χ2v) is 7.92. The molecule has 2 aliphatic carbocycles. The fourth-order valence-electron chi connectivity index (χ4n) is 4.79. The molecular formula is C21H27N3O2. The fraction of sp³-hybridized carbons (Fsp3) is 0.571. The number of hydrogen-bond acceptors (Lipinski definition) is 4. The van der Waals surface area contributed by atoms with Gasteiger partial charge in [0.2, 0.25) is 17.7 Å². The predicted octanol–water partition coefficient (Wildman–Crippen LogP) is 4.00. The molecule has 1 N–H and O–H groups in total. The Morgan fingerprint density at radius 2 is 2.08 bits per heavy atom. The van der Waals surface area contributed by atoms with Crippen LogP contribution in [0.15, 0.2) is 34.7 Å². The maximum absolute atomic E-state index is 12.3. The monoisotopic (exact) mass is 353 g/mol. The van der Waals surface area contributed by atoms with Crippen molar-refractivity contribution in [2.24, 2.45) is 17.8 Å². The molecule has 2 aliphatic rings. The predicted molar refractivity (Wildman–Crippen MR) is 99.2 cm³/mol. The number of benzene rings is 1. The van der Waals surface area contributed by atoms with Gasteiger partial charge in [-0.2, -0.15) is 0 Å². The van der Waals surface area contributed by atoms with E-state index in [4.69, 9.17) is 4.42 Å². The van der Waals surface area contributed by atoms with Crippen molar-refractivity contribution in [2.75, 3.05) is 0 Å². The lowest BCUT2D eigenvalue weighted by atomic mass is 9.84. The number of hydrogen-bond donors (Lipinski definition) is 1. The van der Waals surface area contributed by atoms with Crippen LogP contribution in [0.5, 0.6) is 0 Å². The van der Waals surface area contributed by atoms with Crippen molar-refractivity contribution in [1.82, 2.24) is 15.5 Å². The van der Waals surface area contributed by atoms with Crippen molar-refractivity contribution in [2.45, 2.75) is 57.9 Å². The highest BCUT2D eigenvalue weighted by Crippen LogP contribution is 2.49. The van der Waals surface area contributed by atoms with E-state index in [0.717, 1.165) is 23.8 Å². The second kappa shape index (κ2) is 7.60. The minimum absolute atomic E-state index is 0.142. The number of aryl methyl sites for hydroxylation is 1. The van der Waals surface area contributed by atoms with Crippen LogP contribution >= 0.6 is 0 Å². The third-order valence-corrected chi connectivity index (χ3v) is 6.11. The smallest absolute Gasteiger partial charge is 0.247 e. The summed E-state index contributed by atoms with van der Waals surface area (Å²) in [5.41, 5.74) is 0.920. The van der Waals surface area contributed by atoms with E-state index in [0.29, 0.717) is 36.6 Å². The SMILES string of the molecule is C[C@H](NC(=O)CCCc1nnc(-c2ccccc2)o1)[C@@H]1C[C@H]2CC[C@H]1C2. The molecule has 0 spiro atoms. The molecule has 1 aromatic carbocycles. The molecule has 4 atom stereocenters. The van der Waals surface area contributed by atoms with Crippen LogP contribution in [-0.4, -0.2) is 22.1 Å². The maximum Gasteiger partial charge on any atom is 0.247 e. The molecule has 1 aromatic heterocycles. The molecule has 26 heavy (non-hydrogen) atoms. The third-order valence-electron chi connectivity index (χ3n) is 6.11. The Morgan fingerprint density at radius 3 is 2.81 bits per heavy atom. The lowest BCUT2D eigenvalue weighted by Crippen LogP contribution is -2.40. The van der Waals surface area contributed by atoms with Crippen molar-refractivity contribution >= 4 is 5.91 Å². The lowest BCUT2D eigenvalue weighted by Gasteiger charge is -2.28. The number of carbonyl (C=O) groups is 1. The molecule has 2 saturated carbocycles. The number of carbonyl (C=O) groups excluding carboxylic acids is 1. The van der Waals surface area contributed by atoms with Crippen LogP contribution in [0, 0.1) is 17.8 Å². The van der Waals surface area contributed by atoms with Gasteiger partial charge in [-0.15, -0.1) is 10.2 Å². The van der Waals surface area contributed by atoms with E-state index >= 15 is 0 Å². The zero-order valence-corrected chi connectivity index (χ0v) is 15.4. The van der Waals surface area contributed by atoms with Gasteiger partial charge in [-0.3, -0.25) is 4.79 Å². The Morgan fingerprint density at radius 1 is 1.23 bits per heavy atom.